The van der Waals surface area contributed by atoms with Gasteiger partial charge in [-0.2, -0.15) is 0 Å². The van der Waals surface area contributed by atoms with E-state index in [9.17, 15) is 8.42 Å². The lowest BCUT2D eigenvalue weighted by Crippen LogP contribution is -2.27. The fourth-order valence-corrected chi connectivity index (χ4v) is 3.76. The molecule has 0 radical (unpaired) electrons. The van der Waals surface area contributed by atoms with E-state index in [2.05, 4.69) is 15.9 Å². The highest BCUT2D eigenvalue weighted by Crippen LogP contribution is 2.30. The minimum Gasteiger partial charge on any atom is -0.397 e. The number of hydrogen-bond acceptors (Lipinski definition) is 3. The van der Waals surface area contributed by atoms with Crippen molar-refractivity contribution in [2.75, 3.05) is 17.1 Å². The van der Waals surface area contributed by atoms with Crippen LogP contribution in [0.3, 0.4) is 0 Å². The van der Waals surface area contributed by atoms with E-state index < -0.39 is 10.0 Å². The fourth-order valence-electron chi connectivity index (χ4n) is 1.93. The fraction of sp³-hybridized carbons (Fsp3) is 0.143. The Morgan fingerprint density at radius 1 is 1.15 bits per heavy atom. The molecule has 2 aromatic carbocycles. The number of rotatable bonds is 3. The van der Waals surface area contributed by atoms with Gasteiger partial charge in [-0.05, 0) is 36.8 Å². The molecule has 0 fully saturated rings. The average molecular weight is 355 g/mol. The summed E-state index contributed by atoms with van der Waals surface area (Å²) in [5.74, 6) is 0. The van der Waals surface area contributed by atoms with Crippen LogP contribution in [0, 0.1) is 6.92 Å². The zero-order valence-corrected chi connectivity index (χ0v) is 13.6. The lowest BCUT2D eigenvalue weighted by molar-refractivity contribution is 0.594. The molecule has 6 heteroatoms. The van der Waals surface area contributed by atoms with Crippen LogP contribution in [0.15, 0.2) is 51.8 Å². The van der Waals surface area contributed by atoms with Crippen molar-refractivity contribution in [3.05, 3.63) is 52.5 Å². The first-order chi connectivity index (χ1) is 9.34. The van der Waals surface area contributed by atoms with E-state index in [0.717, 1.165) is 4.47 Å². The predicted octanol–water partition coefficient (Wildman–Crippen LogP) is 3.16. The molecular formula is C14H15BrN2O2S. The first kappa shape index (κ1) is 14.9. The van der Waals surface area contributed by atoms with Crippen molar-refractivity contribution < 1.29 is 8.42 Å². The van der Waals surface area contributed by atoms with E-state index in [1.807, 2.05) is 6.07 Å². The predicted molar refractivity (Wildman–Crippen MR) is 85.3 cm³/mol. The van der Waals surface area contributed by atoms with Crippen LogP contribution in [0.5, 0.6) is 0 Å². The molecule has 0 amide bonds. The molecule has 0 saturated heterocycles. The minimum absolute atomic E-state index is 0.282. The van der Waals surface area contributed by atoms with Crippen LogP contribution in [0.1, 0.15) is 5.56 Å². The van der Waals surface area contributed by atoms with Gasteiger partial charge in [0.1, 0.15) is 0 Å². The van der Waals surface area contributed by atoms with Gasteiger partial charge in [-0.15, -0.1) is 0 Å². The number of nitrogens with two attached hydrogens (primary N) is 1. The lowest BCUT2D eigenvalue weighted by atomic mass is 10.2. The Balaban J connectivity index is 2.52. The van der Waals surface area contributed by atoms with Crippen molar-refractivity contribution in [1.29, 1.82) is 0 Å². The summed E-state index contributed by atoms with van der Waals surface area (Å²) in [6.45, 7) is 1.77. The molecule has 0 spiro atoms. The van der Waals surface area contributed by atoms with Gasteiger partial charge in [-0.25, -0.2) is 8.42 Å². The molecule has 0 aliphatic rings. The number of sulfonamides is 1. The maximum absolute atomic E-state index is 12.6. The highest BCUT2D eigenvalue weighted by Gasteiger charge is 2.24. The quantitative estimate of drug-likeness (QED) is 0.861. The number of aryl methyl sites for hydroxylation is 1. The topological polar surface area (TPSA) is 63.4 Å². The van der Waals surface area contributed by atoms with Crippen molar-refractivity contribution >= 4 is 37.3 Å². The Hall–Kier alpha value is -1.53. The molecule has 0 aromatic heterocycles. The van der Waals surface area contributed by atoms with Gasteiger partial charge in [-0.3, -0.25) is 4.31 Å². The third-order valence-corrected chi connectivity index (χ3v) is 5.49. The van der Waals surface area contributed by atoms with Gasteiger partial charge < -0.3 is 5.73 Å². The molecule has 2 rings (SSSR count). The molecule has 0 aliphatic carbocycles. The summed E-state index contributed by atoms with van der Waals surface area (Å²) in [6, 6.07) is 12.0. The third kappa shape index (κ3) is 2.66. The molecule has 2 aromatic rings. The maximum Gasteiger partial charge on any atom is 0.264 e. The average Bonchev–Trinajstić information content (AvgIpc) is 2.38. The highest BCUT2D eigenvalue weighted by molar-refractivity contribution is 9.10. The van der Waals surface area contributed by atoms with E-state index in [1.165, 1.54) is 11.4 Å². The lowest BCUT2D eigenvalue weighted by Gasteiger charge is -2.22. The number of hydrogen-bond donors (Lipinski definition) is 1. The van der Waals surface area contributed by atoms with Crippen LogP contribution in [0.25, 0.3) is 0 Å². The number of halogens is 1. The summed E-state index contributed by atoms with van der Waals surface area (Å²) >= 11 is 3.30. The summed E-state index contributed by atoms with van der Waals surface area (Å²) in [6.07, 6.45) is 0. The zero-order valence-electron chi connectivity index (χ0n) is 11.2. The number of nitrogens with zero attached hydrogens (tertiary/aromatic N) is 1. The van der Waals surface area contributed by atoms with Gasteiger partial charge in [0.2, 0.25) is 0 Å². The van der Waals surface area contributed by atoms with Crippen LogP contribution in [-0.2, 0) is 10.0 Å². The smallest absolute Gasteiger partial charge is 0.264 e. The Labute approximate surface area is 127 Å². The van der Waals surface area contributed by atoms with Gasteiger partial charge in [-0.1, -0.05) is 34.1 Å². The first-order valence-electron chi connectivity index (χ1n) is 5.93. The second-order valence-corrected chi connectivity index (χ2v) is 7.29. The second kappa shape index (κ2) is 5.46. The van der Waals surface area contributed by atoms with E-state index in [1.54, 1.807) is 43.3 Å². The summed E-state index contributed by atoms with van der Waals surface area (Å²) in [7, 11) is -2.12. The molecule has 4 nitrogen and oxygen atoms in total. The molecule has 0 atom stereocenters. The molecule has 0 bridgehead atoms. The monoisotopic (exact) mass is 354 g/mol. The van der Waals surface area contributed by atoms with Crippen molar-refractivity contribution in [2.24, 2.45) is 0 Å². The van der Waals surface area contributed by atoms with Crippen LogP contribution in [0.4, 0.5) is 11.4 Å². The summed E-state index contributed by atoms with van der Waals surface area (Å²) < 4.78 is 27.3. The summed E-state index contributed by atoms with van der Waals surface area (Å²) in [4.78, 5) is 0.282. The number of benzene rings is 2. The van der Waals surface area contributed by atoms with Crippen LogP contribution < -0.4 is 10.0 Å². The van der Waals surface area contributed by atoms with Gasteiger partial charge in [0.25, 0.3) is 10.0 Å². The van der Waals surface area contributed by atoms with Crippen molar-refractivity contribution in [2.45, 2.75) is 11.8 Å². The Kier molecular flexibility index (Phi) is 4.06. The molecular weight excluding hydrogens is 340 g/mol. The summed E-state index contributed by atoms with van der Waals surface area (Å²) in [5, 5.41) is 0. The molecule has 0 aliphatic heterocycles. The molecule has 0 saturated carbocycles. The molecule has 2 N–H and O–H groups in total. The van der Waals surface area contributed by atoms with Gasteiger partial charge in [0.15, 0.2) is 0 Å². The van der Waals surface area contributed by atoms with Crippen LogP contribution in [0.2, 0.25) is 0 Å². The van der Waals surface area contributed by atoms with E-state index in [-0.39, 0.29) is 4.90 Å². The normalized spacial score (nSPS) is 11.3. The third-order valence-electron chi connectivity index (χ3n) is 3.06. The number of nitrogen functional groups attached to an aromatic ring is 1. The zero-order chi connectivity index (χ0) is 14.9. The largest absolute Gasteiger partial charge is 0.397 e. The Morgan fingerprint density at radius 3 is 2.40 bits per heavy atom. The van der Waals surface area contributed by atoms with Gasteiger partial charge in [0.05, 0.1) is 16.3 Å². The number of anilines is 2. The molecule has 0 heterocycles. The van der Waals surface area contributed by atoms with E-state index in [4.69, 9.17) is 5.73 Å². The van der Waals surface area contributed by atoms with Crippen LogP contribution >= 0.6 is 15.9 Å². The SMILES string of the molecule is Cc1ccccc1S(=O)(=O)N(C)c1ccc(Br)cc1N. The minimum atomic E-state index is -3.62. The molecule has 20 heavy (non-hydrogen) atoms. The standard InChI is InChI=1S/C14H15BrN2O2S/c1-10-5-3-4-6-14(10)20(18,19)17(2)13-8-7-11(15)9-12(13)16/h3-9H,16H2,1-2H3. The van der Waals surface area contributed by atoms with E-state index >= 15 is 0 Å². The first-order valence-corrected chi connectivity index (χ1v) is 8.17. The Morgan fingerprint density at radius 2 is 1.80 bits per heavy atom. The van der Waals surface area contributed by atoms with Gasteiger partial charge in [0, 0.05) is 11.5 Å². The molecule has 0 unspecified atom stereocenters. The maximum atomic E-state index is 12.6. The highest BCUT2D eigenvalue weighted by atomic mass is 79.9. The van der Waals surface area contributed by atoms with E-state index in [0.29, 0.717) is 16.9 Å². The van der Waals surface area contributed by atoms with Gasteiger partial charge >= 0.3 is 0 Å². The second-order valence-electron chi connectivity index (χ2n) is 4.44. The Bertz CT molecular complexity index is 745. The van der Waals surface area contributed by atoms with Crippen molar-refractivity contribution in [3.63, 3.8) is 0 Å². The molecule has 106 valence electrons. The van der Waals surface area contributed by atoms with Crippen molar-refractivity contribution in [3.8, 4) is 0 Å². The van der Waals surface area contributed by atoms with Crippen molar-refractivity contribution in [1.82, 2.24) is 0 Å². The van der Waals surface area contributed by atoms with Crippen LogP contribution in [-0.4, -0.2) is 15.5 Å². The summed E-state index contributed by atoms with van der Waals surface area (Å²) in [5.41, 5.74) is 7.46.